The van der Waals surface area contributed by atoms with Gasteiger partial charge in [-0.05, 0) is 25.1 Å². The van der Waals surface area contributed by atoms with Crippen molar-refractivity contribution in [3.63, 3.8) is 0 Å². The predicted molar refractivity (Wildman–Crippen MR) is 75.8 cm³/mol. The van der Waals surface area contributed by atoms with Crippen LogP contribution in [-0.4, -0.2) is 4.98 Å². The molecule has 1 aliphatic rings. The van der Waals surface area contributed by atoms with E-state index in [9.17, 15) is 4.79 Å². The normalized spacial score (nSPS) is 14.7. The summed E-state index contributed by atoms with van der Waals surface area (Å²) in [5, 5.41) is 12.5. The van der Waals surface area contributed by atoms with Gasteiger partial charge in [0.2, 0.25) is 0 Å². The van der Waals surface area contributed by atoms with Crippen molar-refractivity contribution in [2.24, 2.45) is 0 Å². The number of rotatable bonds is 2. The van der Waals surface area contributed by atoms with Crippen LogP contribution in [0.2, 0.25) is 0 Å². The minimum Gasteiger partial charge on any atom is -0.357 e. The first-order valence-electron chi connectivity index (χ1n) is 5.74. The highest BCUT2D eigenvalue weighted by molar-refractivity contribution is 6.31. The van der Waals surface area contributed by atoms with Gasteiger partial charge in [0.1, 0.15) is 0 Å². The standard InChI is InChI=1S/C14H12ClN3O/c1-9-12(5-6-17-14(9)19)18-13-4-2-3-10(8-16)7-11(13)15/h2-3,5-7H,4H2,1H3,(H2,17,18,19). The second-order valence-electron chi connectivity index (χ2n) is 4.11. The lowest BCUT2D eigenvalue weighted by Gasteiger charge is -2.11. The third kappa shape index (κ3) is 2.95. The Labute approximate surface area is 115 Å². The van der Waals surface area contributed by atoms with E-state index >= 15 is 0 Å². The van der Waals surface area contributed by atoms with Crippen molar-refractivity contribution in [2.45, 2.75) is 13.3 Å². The van der Waals surface area contributed by atoms with Crippen molar-refractivity contribution in [2.75, 3.05) is 5.32 Å². The predicted octanol–water partition coefficient (Wildman–Crippen LogP) is 2.96. The largest absolute Gasteiger partial charge is 0.357 e. The summed E-state index contributed by atoms with van der Waals surface area (Å²) in [5.41, 5.74) is 2.43. The fourth-order valence-electron chi connectivity index (χ4n) is 1.71. The minimum atomic E-state index is -0.140. The van der Waals surface area contributed by atoms with E-state index in [-0.39, 0.29) is 5.56 Å². The quantitative estimate of drug-likeness (QED) is 0.870. The van der Waals surface area contributed by atoms with Crippen LogP contribution in [0.15, 0.2) is 51.6 Å². The monoisotopic (exact) mass is 273 g/mol. The fraction of sp³-hybridized carbons (Fsp3) is 0.143. The average Bonchev–Trinajstić information content (AvgIpc) is 2.57. The van der Waals surface area contributed by atoms with Crippen molar-refractivity contribution >= 4 is 17.3 Å². The van der Waals surface area contributed by atoms with Crippen LogP contribution in [0.5, 0.6) is 0 Å². The summed E-state index contributed by atoms with van der Waals surface area (Å²) in [5.74, 6) is 0. The second-order valence-corrected chi connectivity index (χ2v) is 4.52. The zero-order valence-electron chi connectivity index (χ0n) is 10.3. The zero-order chi connectivity index (χ0) is 13.8. The Morgan fingerprint density at radius 2 is 2.32 bits per heavy atom. The second kappa shape index (κ2) is 5.59. The number of nitrogens with zero attached hydrogens (tertiary/aromatic N) is 1. The topological polar surface area (TPSA) is 68.7 Å². The molecular formula is C14H12ClN3O. The summed E-state index contributed by atoms with van der Waals surface area (Å²) < 4.78 is 0. The highest BCUT2D eigenvalue weighted by Crippen LogP contribution is 2.23. The molecule has 96 valence electrons. The third-order valence-electron chi connectivity index (χ3n) is 2.81. The maximum absolute atomic E-state index is 11.5. The van der Waals surface area contributed by atoms with E-state index in [1.807, 2.05) is 6.08 Å². The smallest absolute Gasteiger partial charge is 0.252 e. The molecule has 0 bridgehead atoms. The lowest BCUT2D eigenvalue weighted by molar-refractivity contribution is 1.15. The van der Waals surface area contributed by atoms with Gasteiger partial charge in [-0.3, -0.25) is 4.79 Å². The molecule has 0 fully saturated rings. The highest BCUT2D eigenvalue weighted by atomic mass is 35.5. The van der Waals surface area contributed by atoms with Gasteiger partial charge in [0.25, 0.3) is 5.56 Å². The summed E-state index contributed by atoms with van der Waals surface area (Å²) in [7, 11) is 0. The molecule has 2 rings (SSSR count). The molecule has 2 N–H and O–H groups in total. The lowest BCUT2D eigenvalue weighted by atomic mass is 10.2. The van der Waals surface area contributed by atoms with Gasteiger partial charge < -0.3 is 10.3 Å². The van der Waals surface area contributed by atoms with Gasteiger partial charge in [0.05, 0.1) is 16.7 Å². The van der Waals surface area contributed by atoms with Crippen LogP contribution in [0.1, 0.15) is 12.0 Å². The summed E-state index contributed by atoms with van der Waals surface area (Å²) in [4.78, 5) is 14.1. The van der Waals surface area contributed by atoms with Crippen LogP contribution >= 0.6 is 11.6 Å². The molecular weight excluding hydrogens is 262 g/mol. The van der Waals surface area contributed by atoms with Gasteiger partial charge in [0, 0.05) is 29.6 Å². The number of aromatic nitrogens is 1. The van der Waals surface area contributed by atoms with Gasteiger partial charge in [-0.1, -0.05) is 17.7 Å². The van der Waals surface area contributed by atoms with E-state index < -0.39 is 0 Å². The van der Waals surface area contributed by atoms with E-state index in [4.69, 9.17) is 16.9 Å². The van der Waals surface area contributed by atoms with Crippen LogP contribution < -0.4 is 10.9 Å². The molecule has 0 aromatic carbocycles. The molecule has 1 aromatic heterocycles. The lowest BCUT2D eigenvalue weighted by Crippen LogP contribution is -2.12. The molecule has 1 heterocycles. The molecule has 1 aliphatic carbocycles. The highest BCUT2D eigenvalue weighted by Gasteiger charge is 2.09. The molecule has 0 saturated carbocycles. The average molecular weight is 274 g/mol. The van der Waals surface area contributed by atoms with Crippen molar-refractivity contribution in [1.29, 1.82) is 5.26 Å². The molecule has 19 heavy (non-hydrogen) atoms. The van der Waals surface area contributed by atoms with E-state index in [1.54, 1.807) is 31.3 Å². The maximum Gasteiger partial charge on any atom is 0.252 e. The number of nitriles is 1. The summed E-state index contributed by atoms with van der Waals surface area (Å²) in [6.45, 7) is 1.73. The van der Waals surface area contributed by atoms with E-state index in [0.717, 1.165) is 5.70 Å². The summed E-state index contributed by atoms with van der Waals surface area (Å²) in [6, 6.07) is 3.83. The number of hydrogen-bond acceptors (Lipinski definition) is 3. The molecule has 0 spiro atoms. The Morgan fingerprint density at radius 3 is 3.05 bits per heavy atom. The molecule has 0 amide bonds. The summed E-state index contributed by atoms with van der Waals surface area (Å²) in [6.07, 6.45) is 7.34. The Balaban J connectivity index is 2.36. The van der Waals surface area contributed by atoms with Gasteiger partial charge in [0.15, 0.2) is 0 Å². The van der Waals surface area contributed by atoms with E-state index in [2.05, 4.69) is 16.4 Å². The number of allylic oxidation sites excluding steroid dienone is 5. The van der Waals surface area contributed by atoms with Crippen LogP contribution in [-0.2, 0) is 0 Å². The van der Waals surface area contributed by atoms with Crippen molar-refractivity contribution in [3.8, 4) is 6.07 Å². The van der Waals surface area contributed by atoms with Crippen LogP contribution in [0.4, 0.5) is 5.69 Å². The molecule has 0 aliphatic heterocycles. The number of nitrogens with one attached hydrogen (secondary N) is 2. The first kappa shape index (κ1) is 13.2. The molecule has 0 unspecified atom stereocenters. The first-order valence-corrected chi connectivity index (χ1v) is 6.12. The molecule has 4 nitrogen and oxygen atoms in total. The first-order chi connectivity index (χ1) is 9.11. The van der Waals surface area contributed by atoms with Gasteiger partial charge >= 0.3 is 0 Å². The SMILES string of the molecule is Cc1c(NC2=C(Cl)C=C(C#N)C=CC2)cc[nH]c1=O. The van der Waals surface area contributed by atoms with E-state index in [1.165, 1.54) is 0 Å². The fourth-order valence-corrected chi connectivity index (χ4v) is 1.95. The van der Waals surface area contributed by atoms with Crippen LogP contribution in [0.25, 0.3) is 0 Å². The Hall–Kier alpha value is -2.25. The van der Waals surface area contributed by atoms with Crippen molar-refractivity contribution in [3.05, 3.63) is 62.7 Å². The summed E-state index contributed by atoms with van der Waals surface area (Å²) >= 11 is 6.17. The number of pyridine rings is 1. The minimum absolute atomic E-state index is 0.140. The van der Waals surface area contributed by atoms with Crippen molar-refractivity contribution < 1.29 is 0 Å². The number of H-pyrrole nitrogens is 1. The number of hydrogen-bond donors (Lipinski definition) is 2. The molecule has 0 radical (unpaired) electrons. The number of aromatic amines is 1. The third-order valence-corrected chi connectivity index (χ3v) is 3.15. The molecule has 5 heteroatoms. The van der Waals surface area contributed by atoms with Crippen LogP contribution in [0, 0.1) is 18.3 Å². The van der Waals surface area contributed by atoms with Crippen molar-refractivity contribution in [1.82, 2.24) is 4.98 Å². The Kier molecular flexibility index (Phi) is 3.88. The molecule has 1 aromatic rings. The van der Waals surface area contributed by atoms with E-state index in [0.29, 0.717) is 28.3 Å². The Morgan fingerprint density at radius 1 is 1.53 bits per heavy atom. The zero-order valence-corrected chi connectivity index (χ0v) is 11.1. The molecule has 0 atom stereocenters. The Bertz CT molecular complexity index is 689. The van der Waals surface area contributed by atoms with Gasteiger partial charge in [-0.2, -0.15) is 5.26 Å². The number of anilines is 1. The number of halogens is 1. The van der Waals surface area contributed by atoms with Gasteiger partial charge in [-0.25, -0.2) is 0 Å². The van der Waals surface area contributed by atoms with Crippen LogP contribution in [0.3, 0.4) is 0 Å². The maximum atomic E-state index is 11.5. The molecule has 0 saturated heterocycles. The van der Waals surface area contributed by atoms with Gasteiger partial charge in [-0.15, -0.1) is 0 Å².